The molecule has 0 unspecified atom stereocenters. The second-order valence-corrected chi connectivity index (χ2v) is 4.81. The molecule has 0 bridgehead atoms. The Morgan fingerprint density at radius 1 is 1.17 bits per heavy atom. The van der Waals surface area contributed by atoms with Crippen molar-refractivity contribution in [1.29, 1.82) is 0 Å². The SMILES string of the molecule is COCc1cc(C2(N)CCC2)cc(OC)c1OC. The molecule has 0 atom stereocenters. The van der Waals surface area contributed by atoms with Crippen LogP contribution in [0.25, 0.3) is 0 Å². The van der Waals surface area contributed by atoms with Gasteiger partial charge in [-0.2, -0.15) is 0 Å². The van der Waals surface area contributed by atoms with Crippen molar-refractivity contribution in [2.45, 2.75) is 31.4 Å². The predicted octanol–water partition coefficient (Wildman–Crippen LogP) is 2.19. The van der Waals surface area contributed by atoms with Gasteiger partial charge in [0, 0.05) is 18.2 Å². The van der Waals surface area contributed by atoms with Gasteiger partial charge >= 0.3 is 0 Å². The van der Waals surface area contributed by atoms with Crippen LogP contribution in [-0.2, 0) is 16.9 Å². The minimum absolute atomic E-state index is 0.206. The Hall–Kier alpha value is -1.26. The summed E-state index contributed by atoms with van der Waals surface area (Å²) in [5.41, 5.74) is 8.25. The summed E-state index contributed by atoms with van der Waals surface area (Å²) in [7, 11) is 4.95. The van der Waals surface area contributed by atoms with Crippen LogP contribution in [0.3, 0.4) is 0 Å². The molecule has 1 fully saturated rings. The lowest BCUT2D eigenvalue weighted by Crippen LogP contribution is -2.43. The maximum Gasteiger partial charge on any atom is 0.166 e. The maximum absolute atomic E-state index is 6.37. The van der Waals surface area contributed by atoms with E-state index in [0.717, 1.165) is 35.5 Å². The number of hydrogen-bond donors (Lipinski definition) is 1. The molecule has 4 heteroatoms. The minimum atomic E-state index is -0.206. The molecule has 0 aliphatic heterocycles. The Morgan fingerprint density at radius 3 is 2.33 bits per heavy atom. The molecule has 18 heavy (non-hydrogen) atoms. The molecule has 1 aliphatic rings. The zero-order valence-corrected chi connectivity index (χ0v) is 11.3. The summed E-state index contributed by atoms with van der Waals surface area (Å²) in [6.45, 7) is 0.490. The molecular formula is C14H21NO3. The Morgan fingerprint density at radius 2 is 1.89 bits per heavy atom. The van der Waals surface area contributed by atoms with Gasteiger partial charge < -0.3 is 19.9 Å². The highest BCUT2D eigenvalue weighted by molar-refractivity contribution is 5.51. The van der Waals surface area contributed by atoms with Gasteiger partial charge in [0.2, 0.25) is 0 Å². The topological polar surface area (TPSA) is 53.7 Å². The van der Waals surface area contributed by atoms with Crippen LogP contribution >= 0.6 is 0 Å². The second kappa shape index (κ2) is 5.16. The van der Waals surface area contributed by atoms with E-state index >= 15 is 0 Å². The van der Waals surface area contributed by atoms with Crippen LogP contribution < -0.4 is 15.2 Å². The molecule has 1 aromatic carbocycles. The highest BCUT2D eigenvalue weighted by atomic mass is 16.5. The van der Waals surface area contributed by atoms with E-state index in [1.807, 2.05) is 6.07 Å². The van der Waals surface area contributed by atoms with Gasteiger partial charge in [0.05, 0.1) is 20.8 Å². The zero-order valence-electron chi connectivity index (χ0n) is 11.3. The summed E-state index contributed by atoms with van der Waals surface area (Å²) in [5, 5.41) is 0. The normalized spacial score (nSPS) is 17.1. The first kappa shape index (κ1) is 13.2. The highest BCUT2D eigenvalue weighted by Gasteiger charge is 2.35. The molecule has 0 radical (unpaired) electrons. The van der Waals surface area contributed by atoms with Gasteiger partial charge in [-0.25, -0.2) is 0 Å². The van der Waals surface area contributed by atoms with Crippen LogP contribution in [0.1, 0.15) is 30.4 Å². The van der Waals surface area contributed by atoms with Crippen molar-refractivity contribution < 1.29 is 14.2 Å². The summed E-state index contributed by atoms with van der Waals surface area (Å²) in [6.07, 6.45) is 3.23. The molecule has 0 amide bonds. The van der Waals surface area contributed by atoms with Gasteiger partial charge in [0.25, 0.3) is 0 Å². The van der Waals surface area contributed by atoms with E-state index in [9.17, 15) is 0 Å². The first-order chi connectivity index (χ1) is 8.64. The lowest BCUT2D eigenvalue weighted by atomic mass is 9.72. The van der Waals surface area contributed by atoms with Gasteiger partial charge in [0.15, 0.2) is 11.5 Å². The zero-order chi connectivity index (χ0) is 13.2. The largest absolute Gasteiger partial charge is 0.493 e. The van der Waals surface area contributed by atoms with Crippen molar-refractivity contribution in [3.63, 3.8) is 0 Å². The highest BCUT2D eigenvalue weighted by Crippen LogP contribution is 2.43. The lowest BCUT2D eigenvalue weighted by molar-refractivity contribution is 0.180. The van der Waals surface area contributed by atoms with Crippen molar-refractivity contribution in [2.75, 3.05) is 21.3 Å². The predicted molar refractivity (Wildman–Crippen MR) is 70.0 cm³/mol. The van der Waals surface area contributed by atoms with Gasteiger partial charge in [-0.1, -0.05) is 0 Å². The number of rotatable bonds is 5. The number of nitrogens with two attached hydrogens (primary N) is 1. The van der Waals surface area contributed by atoms with E-state index in [0.29, 0.717) is 6.61 Å². The van der Waals surface area contributed by atoms with Crippen molar-refractivity contribution in [2.24, 2.45) is 5.73 Å². The van der Waals surface area contributed by atoms with Crippen LogP contribution in [0.4, 0.5) is 0 Å². The van der Waals surface area contributed by atoms with E-state index in [1.54, 1.807) is 21.3 Å². The van der Waals surface area contributed by atoms with Crippen molar-refractivity contribution in [3.05, 3.63) is 23.3 Å². The van der Waals surface area contributed by atoms with E-state index in [2.05, 4.69) is 6.07 Å². The van der Waals surface area contributed by atoms with Crippen LogP contribution in [0.5, 0.6) is 11.5 Å². The maximum atomic E-state index is 6.37. The van der Waals surface area contributed by atoms with Gasteiger partial charge in [-0.15, -0.1) is 0 Å². The smallest absolute Gasteiger partial charge is 0.166 e. The fourth-order valence-corrected chi connectivity index (χ4v) is 2.44. The molecule has 4 nitrogen and oxygen atoms in total. The molecule has 2 rings (SSSR count). The average Bonchev–Trinajstić information content (AvgIpc) is 2.35. The first-order valence-corrected chi connectivity index (χ1v) is 6.18. The fraction of sp³-hybridized carbons (Fsp3) is 0.571. The quantitative estimate of drug-likeness (QED) is 0.871. The van der Waals surface area contributed by atoms with Crippen molar-refractivity contribution in [3.8, 4) is 11.5 Å². The number of methoxy groups -OCH3 is 3. The minimum Gasteiger partial charge on any atom is -0.493 e. The monoisotopic (exact) mass is 251 g/mol. The average molecular weight is 251 g/mol. The first-order valence-electron chi connectivity index (χ1n) is 6.18. The fourth-order valence-electron chi connectivity index (χ4n) is 2.44. The Kier molecular flexibility index (Phi) is 3.78. The molecule has 100 valence electrons. The molecule has 0 saturated heterocycles. The van der Waals surface area contributed by atoms with E-state index in [1.165, 1.54) is 6.42 Å². The lowest BCUT2D eigenvalue weighted by Gasteiger charge is -2.39. The van der Waals surface area contributed by atoms with Gasteiger partial charge in [0.1, 0.15) is 0 Å². The number of ether oxygens (including phenoxy) is 3. The van der Waals surface area contributed by atoms with E-state index < -0.39 is 0 Å². The van der Waals surface area contributed by atoms with Crippen LogP contribution in [-0.4, -0.2) is 21.3 Å². The molecule has 1 aromatic rings. The second-order valence-electron chi connectivity index (χ2n) is 4.81. The van der Waals surface area contributed by atoms with Gasteiger partial charge in [-0.05, 0) is 37.0 Å². The molecule has 1 saturated carbocycles. The molecule has 1 aliphatic carbocycles. The molecule has 0 heterocycles. The van der Waals surface area contributed by atoms with Gasteiger partial charge in [-0.3, -0.25) is 0 Å². The number of hydrogen-bond acceptors (Lipinski definition) is 4. The standard InChI is InChI=1S/C14H21NO3/c1-16-9-10-7-11(14(15)5-4-6-14)8-12(17-2)13(10)18-3/h7-8H,4-6,9,15H2,1-3H3. The van der Waals surface area contributed by atoms with Crippen LogP contribution in [0.15, 0.2) is 12.1 Å². The molecule has 0 spiro atoms. The third kappa shape index (κ3) is 2.18. The van der Waals surface area contributed by atoms with Crippen molar-refractivity contribution >= 4 is 0 Å². The van der Waals surface area contributed by atoms with E-state index in [4.69, 9.17) is 19.9 Å². The van der Waals surface area contributed by atoms with Crippen molar-refractivity contribution in [1.82, 2.24) is 0 Å². The Bertz CT molecular complexity index is 427. The summed E-state index contributed by atoms with van der Waals surface area (Å²) in [4.78, 5) is 0. The Labute approximate surface area is 108 Å². The summed E-state index contributed by atoms with van der Waals surface area (Å²) in [5.74, 6) is 1.45. The molecular weight excluding hydrogens is 230 g/mol. The molecule has 2 N–H and O–H groups in total. The van der Waals surface area contributed by atoms with Crippen LogP contribution in [0, 0.1) is 0 Å². The number of benzene rings is 1. The summed E-state index contributed by atoms with van der Waals surface area (Å²) < 4.78 is 16.0. The molecule has 0 aromatic heterocycles. The summed E-state index contributed by atoms with van der Waals surface area (Å²) >= 11 is 0. The summed E-state index contributed by atoms with van der Waals surface area (Å²) in [6, 6.07) is 4.06. The van der Waals surface area contributed by atoms with E-state index in [-0.39, 0.29) is 5.54 Å². The third-order valence-electron chi connectivity index (χ3n) is 3.68. The Balaban J connectivity index is 2.46. The third-order valence-corrected chi connectivity index (χ3v) is 3.68. The van der Waals surface area contributed by atoms with Crippen LogP contribution in [0.2, 0.25) is 0 Å².